The van der Waals surface area contributed by atoms with E-state index in [-0.39, 0.29) is 11.5 Å². The van der Waals surface area contributed by atoms with E-state index in [0.717, 1.165) is 5.56 Å². The second kappa shape index (κ2) is 6.20. The van der Waals surface area contributed by atoms with E-state index in [4.69, 9.17) is 13.3 Å². The number of ketones is 1. The fourth-order valence-corrected chi connectivity index (χ4v) is 3.81. The summed E-state index contributed by atoms with van der Waals surface area (Å²) in [6, 6.07) is 9.55. The zero-order valence-corrected chi connectivity index (χ0v) is 16.0. The van der Waals surface area contributed by atoms with Gasteiger partial charge in [0.25, 0.3) is 0 Å². The Kier molecular flexibility index (Phi) is 4.15. The lowest BCUT2D eigenvalue weighted by Gasteiger charge is -2.30. The van der Waals surface area contributed by atoms with Crippen molar-refractivity contribution in [3.05, 3.63) is 58.8 Å². The quantitative estimate of drug-likeness (QED) is 0.508. The minimum atomic E-state index is -4.52. The van der Waals surface area contributed by atoms with Crippen LogP contribution in [0.4, 0.5) is 13.2 Å². The number of rotatable bonds is 3. The predicted octanol–water partition coefficient (Wildman–Crippen LogP) is 5.86. The molecule has 4 rings (SSSR count). The summed E-state index contributed by atoms with van der Waals surface area (Å²) < 4.78 is 53.0. The number of ether oxygens (including phenoxy) is 1. The second-order valence-corrected chi connectivity index (χ2v) is 7.74. The lowest BCUT2D eigenvalue weighted by Crippen LogP contribution is -2.29. The van der Waals surface area contributed by atoms with Crippen LogP contribution in [-0.4, -0.2) is 18.4 Å². The molecule has 28 heavy (non-hydrogen) atoms. The van der Waals surface area contributed by atoms with Crippen LogP contribution >= 0.6 is 12.0 Å². The SMILES string of the molecule is COc1ccc2c(c1)C(C)(C)c1oc3cc(OSC(F)(F)F)ccc3c1C2=O. The van der Waals surface area contributed by atoms with E-state index in [1.807, 2.05) is 13.8 Å². The Balaban J connectivity index is 1.84. The first kappa shape index (κ1) is 18.7. The summed E-state index contributed by atoms with van der Waals surface area (Å²) in [6.07, 6.45) is 0. The van der Waals surface area contributed by atoms with Crippen LogP contribution < -0.4 is 8.92 Å². The minimum absolute atomic E-state index is 0.00893. The van der Waals surface area contributed by atoms with Crippen LogP contribution in [0, 0.1) is 0 Å². The van der Waals surface area contributed by atoms with Crippen molar-refractivity contribution in [2.24, 2.45) is 0 Å². The van der Waals surface area contributed by atoms with Gasteiger partial charge in [-0.2, -0.15) is 13.2 Å². The van der Waals surface area contributed by atoms with Gasteiger partial charge in [-0.25, -0.2) is 0 Å². The fraction of sp³-hybridized carbons (Fsp3) is 0.250. The first-order valence-electron chi connectivity index (χ1n) is 8.34. The highest BCUT2D eigenvalue weighted by Gasteiger charge is 2.42. The number of hydrogen-bond acceptors (Lipinski definition) is 5. The Morgan fingerprint density at radius 1 is 1.07 bits per heavy atom. The second-order valence-electron chi connectivity index (χ2n) is 6.94. The molecule has 0 aliphatic heterocycles. The Labute approximate surface area is 162 Å². The van der Waals surface area contributed by atoms with Crippen molar-refractivity contribution in [1.82, 2.24) is 0 Å². The van der Waals surface area contributed by atoms with E-state index in [1.54, 1.807) is 31.4 Å². The molecule has 0 unspecified atom stereocenters. The molecule has 2 aromatic carbocycles. The zero-order chi connectivity index (χ0) is 20.3. The van der Waals surface area contributed by atoms with Gasteiger partial charge in [0.05, 0.1) is 12.7 Å². The van der Waals surface area contributed by atoms with E-state index in [1.165, 1.54) is 12.1 Å². The number of alkyl halides is 3. The largest absolute Gasteiger partial charge is 0.497 e. The molecule has 0 atom stereocenters. The maximum atomic E-state index is 13.1. The van der Waals surface area contributed by atoms with Gasteiger partial charge in [-0.3, -0.25) is 4.79 Å². The third kappa shape index (κ3) is 2.92. The number of methoxy groups -OCH3 is 1. The van der Waals surface area contributed by atoms with Crippen molar-refractivity contribution in [2.75, 3.05) is 7.11 Å². The highest BCUT2D eigenvalue weighted by atomic mass is 32.2. The number of fused-ring (bicyclic) bond motifs is 4. The number of carbonyl (C=O) groups excluding carboxylic acids is 1. The molecule has 0 saturated heterocycles. The van der Waals surface area contributed by atoms with E-state index in [2.05, 4.69) is 0 Å². The molecule has 0 radical (unpaired) electrons. The summed E-state index contributed by atoms with van der Waals surface area (Å²) in [4.78, 5) is 13.1. The maximum absolute atomic E-state index is 13.1. The maximum Gasteiger partial charge on any atom is 0.479 e. The van der Waals surface area contributed by atoms with Crippen LogP contribution in [0.1, 0.15) is 41.1 Å². The molecular formula is C20H15F3O4S. The Morgan fingerprint density at radius 3 is 2.46 bits per heavy atom. The molecule has 0 bridgehead atoms. The summed E-state index contributed by atoms with van der Waals surface area (Å²) in [7, 11) is 1.55. The molecule has 0 N–H and O–H groups in total. The van der Waals surface area contributed by atoms with Gasteiger partial charge < -0.3 is 13.3 Å². The Hall–Kier alpha value is -2.61. The monoisotopic (exact) mass is 408 g/mol. The van der Waals surface area contributed by atoms with Crippen LogP contribution in [-0.2, 0) is 5.41 Å². The molecule has 3 aromatic rings. The Morgan fingerprint density at radius 2 is 1.79 bits per heavy atom. The molecule has 4 nitrogen and oxygen atoms in total. The average Bonchev–Trinajstić information content (AvgIpc) is 3.04. The number of halogens is 3. The molecule has 0 amide bonds. The lowest BCUT2D eigenvalue weighted by atomic mass is 9.72. The minimum Gasteiger partial charge on any atom is -0.497 e. The van der Waals surface area contributed by atoms with Crippen LogP contribution in [0.2, 0.25) is 0 Å². The molecule has 1 aromatic heterocycles. The standard InChI is InChI=1S/C20H15F3O4S/c1-19(2)14-8-10(25-3)4-6-12(14)17(24)16-13-7-5-11(27-28-20(21,22)23)9-15(13)26-18(16)19/h4-9H,1-3H3. The molecule has 146 valence electrons. The van der Waals surface area contributed by atoms with Crippen LogP contribution in [0.15, 0.2) is 40.8 Å². The number of hydrogen-bond donors (Lipinski definition) is 0. The molecule has 8 heteroatoms. The highest BCUT2D eigenvalue weighted by Crippen LogP contribution is 2.47. The third-order valence-corrected chi connectivity index (χ3v) is 5.30. The van der Waals surface area contributed by atoms with Crippen molar-refractivity contribution in [2.45, 2.75) is 24.8 Å². The molecule has 0 spiro atoms. The van der Waals surface area contributed by atoms with Crippen molar-refractivity contribution in [1.29, 1.82) is 0 Å². The predicted molar refractivity (Wildman–Crippen MR) is 99.0 cm³/mol. The van der Waals surface area contributed by atoms with Gasteiger partial charge in [0.2, 0.25) is 0 Å². The zero-order valence-electron chi connectivity index (χ0n) is 15.1. The van der Waals surface area contributed by atoms with Gasteiger partial charge in [-0.05, 0) is 49.7 Å². The van der Waals surface area contributed by atoms with E-state index >= 15 is 0 Å². The summed E-state index contributed by atoms with van der Waals surface area (Å²) in [5, 5.41) is 0.541. The number of furan rings is 1. The van der Waals surface area contributed by atoms with Gasteiger partial charge >= 0.3 is 5.51 Å². The molecule has 0 fully saturated rings. The normalized spacial score (nSPS) is 15.3. The molecular weight excluding hydrogens is 393 g/mol. The van der Waals surface area contributed by atoms with E-state index in [0.29, 0.717) is 33.6 Å². The lowest BCUT2D eigenvalue weighted by molar-refractivity contribution is -0.0369. The molecule has 1 aliphatic carbocycles. The van der Waals surface area contributed by atoms with Crippen molar-refractivity contribution in [3.8, 4) is 11.5 Å². The van der Waals surface area contributed by atoms with Gasteiger partial charge in [0, 0.05) is 22.4 Å². The van der Waals surface area contributed by atoms with Gasteiger partial charge in [0.15, 0.2) is 17.8 Å². The molecule has 0 saturated carbocycles. The van der Waals surface area contributed by atoms with Gasteiger partial charge in [-0.1, -0.05) is 0 Å². The summed E-state index contributed by atoms with van der Waals surface area (Å²) >= 11 is -0.598. The Bertz CT molecular complexity index is 1100. The van der Waals surface area contributed by atoms with Crippen LogP contribution in [0.5, 0.6) is 11.5 Å². The van der Waals surface area contributed by atoms with Gasteiger partial charge in [0.1, 0.15) is 22.8 Å². The first-order valence-corrected chi connectivity index (χ1v) is 9.08. The van der Waals surface area contributed by atoms with Crippen LogP contribution in [0.3, 0.4) is 0 Å². The topological polar surface area (TPSA) is 48.7 Å². The summed E-state index contributed by atoms with van der Waals surface area (Å²) in [6.45, 7) is 3.85. The summed E-state index contributed by atoms with van der Waals surface area (Å²) in [5.41, 5.74) is -3.11. The van der Waals surface area contributed by atoms with Crippen LogP contribution in [0.25, 0.3) is 11.0 Å². The molecule has 1 heterocycles. The third-order valence-electron chi connectivity index (χ3n) is 4.83. The van der Waals surface area contributed by atoms with Gasteiger partial charge in [-0.15, -0.1) is 0 Å². The van der Waals surface area contributed by atoms with E-state index in [9.17, 15) is 18.0 Å². The van der Waals surface area contributed by atoms with Crippen molar-refractivity contribution >= 4 is 28.8 Å². The smallest absolute Gasteiger partial charge is 0.479 e. The van der Waals surface area contributed by atoms with Crippen molar-refractivity contribution in [3.63, 3.8) is 0 Å². The fourth-order valence-electron chi connectivity index (χ4n) is 3.51. The summed E-state index contributed by atoms with van der Waals surface area (Å²) in [5.74, 6) is 0.891. The number of benzene rings is 2. The highest BCUT2D eigenvalue weighted by molar-refractivity contribution is 7.95. The number of carbonyl (C=O) groups is 1. The first-order chi connectivity index (χ1) is 13.1. The van der Waals surface area contributed by atoms with E-state index < -0.39 is 23.0 Å². The van der Waals surface area contributed by atoms with Crippen molar-refractivity contribution < 1.29 is 31.3 Å². The average molecular weight is 408 g/mol. The molecule has 1 aliphatic rings.